The minimum Gasteiger partial charge on any atom is -0.380 e. The average molecular weight is 287 g/mol. The van der Waals surface area contributed by atoms with Crippen LogP contribution in [0.3, 0.4) is 0 Å². The maximum absolute atomic E-state index is 10.7. The standard InChI is InChI=1S/C13H22NO4P/c1-2-3-11-4-6-12(7-5-11)10-14-9-8-13(15)19(16,17)18/h4-7,13-15H,2-3,8-10H2,1H3,(H2,16,17,18). The lowest BCUT2D eigenvalue weighted by Gasteiger charge is -2.12. The van der Waals surface area contributed by atoms with E-state index in [4.69, 9.17) is 9.79 Å². The molecule has 0 saturated carbocycles. The molecule has 0 saturated heterocycles. The summed E-state index contributed by atoms with van der Waals surface area (Å²) in [4.78, 5) is 17.4. The van der Waals surface area contributed by atoms with Crippen LogP contribution in [-0.4, -0.2) is 27.3 Å². The number of aliphatic hydroxyl groups excluding tert-OH is 1. The van der Waals surface area contributed by atoms with Gasteiger partial charge in [-0.3, -0.25) is 4.57 Å². The lowest BCUT2D eigenvalue weighted by Crippen LogP contribution is -2.20. The van der Waals surface area contributed by atoms with E-state index in [-0.39, 0.29) is 6.42 Å². The molecule has 1 unspecified atom stereocenters. The second-order valence-corrected chi connectivity index (χ2v) is 6.38. The molecule has 108 valence electrons. The Bertz CT molecular complexity index is 415. The van der Waals surface area contributed by atoms with Crippen molar-refractivity contribution in [2.24, 2.45) is 0 Å². The summed E-state index contributed by atoms with van der Waals surface area (Å²) in [6.45, 7) is 3.13. The number of aryl methyl sites for hydroxylation is 1. The number of nitrogens with one attached hydrogen (secondary N) is 1. The van der Waals surface area contributed by atoms with Crippen molar-refractivity contribution in [3.8, 4) is 0 Å². The molecule has 1 aromatic carbocycles. The van der Waals surface area contributed by atoms with Gasteiger partial charge in [0.2, 0.25) is 0 Å². The van der Waals surface area contributed by atoms with E-state index in [1.54, 1.807) is 0 Å². The van der Waals surface area contributed by atoms with Crippen molar-refractivity contribution in [3.63, 3.8) is 0 Å². The van der Waals surface area contributed by atoms with Crippen molar-refractivity contribution < 1.29 is 19.5 Å². The molecule has 5 nitrogen and oxygen atoms in total. The largest absolute Gasteiger partial charge is 0.380 e. The van der Waals surface area contributed by atoms with Crippen LogP contribution >= 0.6 is 7.60 Å². The topological polar surface area (TPSA) is 89.8 Å². The molecular formula is C13H22NO4P. The van der Waals surface area contributed by atoms with E-state index < -0.39 is 13.4 Å². The minimum absolute atomic E-state index is 0.0399. The Morgan fingerprint density at radius 1 is 1.21 bits per heavy atom. The summed E-state index contributed by atoms with van der Waals surface area (Å²) < 4.78 is 10.7. The summed E-state index contributed by atoms with van der Waals surface area (Å²) >= 11 is 0. The first-order valence-corrected chi connectivity index (χ1v) is 8.13. The second kappa shape index (κ2) is 7.78. The molecule has 0 bridgehead atoms. The Hall–Kier alpha value is -0.710. The van der Waals surface area contributed by atoms with E-state index in [2.05, 4.69) is 24.4 Å². The zero-order valence-corrected chi connectivity index (χ0v) is 12.0. The van der Waals surface area contributed by atoms with E-state index in [9.17, 15) is 9.67 Å². The fourth-order valence-corrected chi connectivity index (χ4v) is 2.21. The van der Waals surface area contributed by atoms with Crippen LogP contribution in [0.5, 0.6) is 0 Å². The lowest BCUT2D eigenvalue weighted by molar-refractivity contribution is 0.193. The van der Waals surface area contributed by atoms with Crippen molar-refractivity contribution in [2.75, 3.05) is 6.54 Å². The Morgan fingerprint density at radius 3 is 2.32 bits per heavy atom. The van der Waals surface area contributed by atoms with Crippen LogP contribution in [0.4, 0.5) is 0 Å². The second-order valence-electron chi connectivity index (χ2n) is 4.60. The fraction of sp³-hybridized carbons (Fsp3) is 0.538. The number of hydrogen-bond acceptors (Lipinski definition) is 3. The molecule has 0 fully saturated rings. The highest BCUT2D eigenvalue weighted by atomic mass is 31.2. The van der Waals surface area contributed by atoms with Gasteiger partial charge in [-0.25, -0.2) is 0 Å². The number of benzene rings is 1. The molecule has 1 aromatic rings. The molecule has 0 aliphatic rings. The van der Waals surface area contributed by atoms with Gasteiger partial charge in [0, 0.05) is 6.54 Å². The summed E-state index contributed by atoms with van der Waals surface area (Å²) in [5.41, 5.74) is 2.42. The van der Waals surface area contributed by atoms with Crippen LogP contribution in [0.15, 0.2) is 24.3 Å². The maximum Gasteiger partial charge on any atom is 0.353 e. The van der Waals surface area contributed by atoms with Gasteiger partial charge in [-0.05, 0) is 30.5 Å². The number of rotatable bonds is 8. The van der Waals surface area contributed by atoms with Crippen LogP contribution in [0.2, 0.25) is 0 Å². The molecule has 0 aromatic heterocycles. The van der Waals surface area contributed by atoms with Gasteiger partial charge in [0.1, 0.15) is 0 Å². The highest BCUT2D eigenvalue weighted by Gasteiger charge is 2.25. The fourth-order valence-electron chi connectivity index (χ4n) is 1.74. The van der Waals surface area contributed by atoms with Crippen molar-refractivity contribution >= 4 is 7.60 Å². The van der Waals surface area contributed by atoms with Crippen LogP contribution < -0.4 is 5.32 Å². The predicted octanol–water partition coefficient (Wildman–Crippen LogP) is 1.61. The van der Waals surface area contributed by atoms with Gasteiger partial charge in [-0.15, -0.1) is 0 Å². The molecular weight excluding hydrogens is 265 g/mol. The summed E-state index contributed by atoms with van der Waals surface area (Å²) in [7, 11) is -4.37. The highest BCUT2D eigenvalue weighted by Crippen LogP contribution is 2.40. The van der Waals surface area contributed by atoms with Gasteiger partial charge in [0.25, 0.3) is 0 Å². The predicted molar refractivity (Wildman–Crippen MR) is 74.8 cm³/mol. The number of aliphatic hydroxyl groups is 1. The van der Waals surface area contributed by atoms with E-state index in [0.717, 1.165) is 18.4 Å². The maximum atomic E-state index is 10.7. The van der Waals surface area contributed by atoms with Gasteiger partial charge >= 0.3 is 7.60 Å². The van der Waals surface area contributed by atoms with Gasteiger partial charge in [-0.1, -0.05) is 37.6 Å². The van der Waals surface area contributed by atoms with Gasteiger partial charge in [-0.2, -0.15) is 0 Å². The molecule has 19 heavy (non-hydrogen) atoms. The molecule has 0 heterocycles. The Morgan fingerprint density at radius 2 is 1.79 bits per heavy atom. The van der Waals surface area contributed by atoms with Gasteiger partial charge in [0.15, 0.2) is 5.85 Å². The summed E-state index contributed by atoms with van der Waals surface area (Å²) in [5.74, 6) is -1.58. The first-order valence-electron chi connectivity index (χ1n) is 6.45. The van der Waals surface area contributed by atoms with Crippen molar-refractivity contribution in [1.82, 2.24) is 5.32 Å². The molecule has 4 N–H and O–H groups in total. The smallest absolute Gasteiger partial charge is 0.353 e. The number of hydrogen-bond donors (Lipinski definition) is 4. The normalized spacial score (nSPS) is 13.5. The molecule has 1 rings (SSSR count). The minimum atomic E-state index is -4.37. The molecule has 0 aliphatic carbocycles. The zero-order chi connectivity index (χ0) is 14.3. The third kappa shape index (κ3) is 6.32. The van der Waals surface area contributed by atoms with Crippen LogP contribution in [-0.2, 0) is 17.5 Å². The van der Waals surface area contributed by atoms with Crippen molar-refractivity contribution in [1.29, 1.82) is 0 Å². The molecule has 0 aliphatic heterocycles. The first-order chi connectivity index (χ1) is 8.93. The lowest BCUT2D eigenvalue weighted by atomic mass is 10.1. The van der Waals surface area contributed by atoms with Crippen molar-refractivity contribution in [3.05, 3.63) is 35.4 Å². The third-order valence-corrected chi connectivity index (χ3v) is 3.89. The van der Waals surface area contributed by atoms with Gasteiger partial charge < -0.3 is 20.2 Å². The van der Waals surface area contributed by atoms with E-state index in [1.165, 1.54) is 5.56 Å². The van der Waals surface area contributed by atoms with Gasteiger partial charge in [0.05, 0.1) is 0 Å². The SMILES string of the molecule is CCCc1ccc(CNCCC(O)P(=O)(O)O)cc1. The zero-order valence-electron chi connectivity index (χ0n) is 11.1. The third-order valence-electron chi connectivity index (χ3n) is 2.86. The monoisotopic (exact) mass is 287 g/mol. The first kappa shape index (κ1) is 16.3. The molecule has 6 heteroatoms. The molecule has 0 spiro atoms. The van der Waals surface area contributed by atoms with E-state index in [0.29, 0.717) is 13.1 Å². The molecule has 0 radical (unpaired) electrons. The Labute approximate surface area is 113 Å². The molecule has 0 amide bonds. The highest BCUT2D eigenvalue weighted by molar-refractivity contribution is 7.52. The quantitative estimate of drug-likeness (QED) is 0.431. The molecule has 1 atom stereocenters. The van der Waals surface area contributed by atoms with E-state index in [1.807, 2.05) is 12.1 Å². The van der Waals surface area contributed by atoms with Crippen LogP contribution in [0.25, 0.3) is 0 Å². The summed E-state index contributed by atoms with van der Waals surface area (Å²) in [6.07, 6.45) is 2.23. The van der Waals surface area contributed by atoms with Crippen molar-refractivity contribution in [2.45, 2.75) is 38.6 Å². The van der Waals surface area contributed by atoms with E-state index >= 15 is 0 Å². The summed E-state index contributed by atoms with van der Waals surface area (Å²) in [6, 6.07) is 8.25. The average Bonchev–Trinajstić information content (AvgIpc) is 2.35. The van der Waals surface area contributed by atoms with Crippen LogP contribution in [0.1, 0.15) is 30.9 Å². The van der Waals surface area contributed by atoms with Crippen LogP contribution in [0, 0.1) is 0 Å². The Balaban J connectivity index is 2.28. The Kier molecular flexibility index (Phi) is 6.69. The summed E-state index contributed by atoms with van der Waals surface area (Å²) in [5, 5.41) is 12.2.